The summed E-state index contributed by atoms with van der Waals surface area (Å²) in [5.74, 6) is -0.141. The Bertz CT molecular complexity index is 560. The summed E-state index contributed by atoms with van der Waals surface area (Å²) in [4.78, 5) is 26.7. The van der Waals surface area contributed by atoms with Crippen LogP contribution in [0.2, 0.25) is 0 Å². The Morgan fingerprint density at radius 2 is 2.00 bits per heavy atom. The summed E-state index contributed by atoms with van der Waals surface area (Å²) < 4.78 is 5.15. The zero-order chi connectivity index (χ0) is 16.8. The highest BCUT2D eigenvalue weighted by molar-refractivity contribution is 5.98. The lowest BCUT2D eigenvalue weighted by Crippen LogP contribution is -2.50. The van der Waals surface area contributed by atoms with Crippen LogP contribution in [0.25, 0.3) is 0 Å². The van der Waals surface area contributed by atoms with Gasteiger partial charge in [0.15, 0.2) is 0 Å². The Morgan fingerprint density at radius 1 is 1.26 bits per heavy atom. The predicted molar refractivity (Wildman–Crippen MR) is 88.0 cm³/mol. The van der Waals surface area contributed by atoms with Crippen molar-refractivity contribution in [3.63, 3.8) is 0 Å². The molecule has 0 aliphatic carbocycles. The van der Waals surface area contributed by atoms with E-state index in [1.807, 2.05) is 0 Å². The van der Waals surface area contributed by atoms with Crippen LogP contribution >= 0.6 is 0 Å². The first-order chi connectivity index (χ1) is 11.0. The van der Waals surface area contributed by atoms with Crippen molar-refractivity contribution in [3.05, 3.63) is 29.8 Å². The number of amides is 2. The van der Waals surface area contributed by atoms with Crippen molar-refractivity contribution in [1.29, 1.82) is 0 Å². The molecule has 0 bridgehead atoms. The largest absolute Gasteiger partial charge is 0.496 e. The van der Waals surface area contributed by atoms with E-state index < -0.39 is 0 Å². The van der Waals surface area contributed by atoms with Crippen LogP contribution < -0.4 is 15.6 Å². The summed E-state index contributed by atoms with van der Waals surface area (Å²) >= 11 is 0. The second-order valence-corrected chi connectivity index (χ2v) is 6.07. The number of carbonyl (C=O) groups excluding carboxylic acids is 2. The van der Waals surface area contributed by atoms with E-state index >= 15 is 0 Å². The quantitative estimate of drug-likeness (QED) is 0.827. The van der Waals surface area contributed by atoms with Crippen LogP contribution in [-0.2, 0) is 4.79 Å². The van der Waals surface area contributed by atoms with Crippen molar-refractivity contribution < 1.29 is 14.3 Å². The molecule has 2 rings (SSSR count). The fourth-order valence-corrected chi connectivity index (χ4v) is 2.81. The Kier molecular flexibility index (Phi) is 5.98. The zero-order valence-electron chi connectivity index (χ0n) is 14.0. The molecule has 126 valence electrons. The Morgan fingerprint density at radius 3 is 2.70 bits per heavy atom. The van der Waals surface area contributed by atoms with Gasteiger partial charge in [-0.25, -0.2) is 0 Å². The second kappa shape index (κ2) is 7.97. The molecule has 1 unspecified atom stereocenters. The number of nitrogens with one attached hydrogen (secondary N) is 2. The molecule has 2 amide bonds. The van der Waals surface area contributed by atoms with Crippen molar-refractivity contribution in [2.75, 3.05) is 20.2 Å². The Balaban J connectivity index is 1.90. The van der Waals surface area contributed by atoms with Gasteiger partial charge in [-0.1, -0.05) is 12.1 Å². The standard InChI is InChI=1S/C17H25N3O3/c1-12(2)20-10-6-7-13(11-20)16(21)18-19-17(22)14-8-4-5-9-15(14)23-3/h4-5,8-9,12-13H,6-7,10-11H2,1-3H3,(H,18,21)(H,19,22). The Hall–Kier alpha value is -2.08. The van der Waals surface area contributed by atoms with Crippen LogP contribution in [-0.4, -0.2) is 43.0 Å². The normalized spacial score (nSPS) is 18.5. The molecule has 1 heterocycles. The van der Waals surface area contributed by atoms with Gasteiger partial charge in [0, 0.05) is 12.6 Å². The van der Waals surface area contributed by atoms with Crippen LogP contribution in [0.4, 0.5) is 0 Å². The van der Waals surface area contributed by atoms with Crippen LogP contribution in [0.3, 0.4) is 0 Å². The number of ether oxygens (including phenoxy) is 1. The van der Waals surface area contributed by atoms with Crippen molar-refractivity contribution >= 4 is 11.8 Å². The monoisotopic (exact) mass is 319 g/mol. The van der Waals surface area contributed by atoms with E-state index in [1.54, 1.807) is 24.3 Å². The average molecular weight is 319 g/mol. The summed E-state index contributed by atoms with van der Waals surface area (Å²) in [6.45, 7) is 6.01. The number of rotatable bonds is 4. The van der Waals surface area contributed by atoms with Crippen LogP contribution in [0.15, 0.2) is 24.3 Å². The van der Waals surface area contributed by atoms with E-state index in [0.717, 1.165) is 25.9 Å². The predicted octanol–water partition coefficient (Wildman–Crippen LogP) is 1.58. The maximum atomic E-state index is 12.3. The molecule has 1 atom stereocenters. The Labute approximate surface area is 137 Å². The van der Waals surface area contributed by atoms with E-state index in [9.17, 15) is 9.59 Å². The van der Waals surface area contributed by atoms with Crippen molar-refractivity contribution in [3.8, 4) is 5.75 Å². The maximum Gasteiger partial charge on any atom is 0.273 e. The fourth-order valence-electron chi connectivity index (χ4n) is 2.81. The first-order valence-electron chi connectivity index (χ1n) is 8.00. The van der Waals surface area contributed by atoms with E-state index in [4.69, 9.17) is 4.74 Å². The fraction of sp³-hybridized carbons (Fsp3) is 0.529. The number of methoxy groups -OCH3 is 1. The van der Waals surface area contributed by atoms with Crippen LogP contribution in [0.1, 0.15) is 37.0 Å². The molecule has 0 saturated carbocycles. The number of piperidine rings is 1. The number of para-hydroxylation sites is 1. The molecule has 0 spiro atoms. The van der Waals surface area contributed by atoms with Crippen LogP contribution in [0, 0.1) is 5.92 Å². The smallest absolute Gasteiger partial charge is 0.273 e. The van der Waals surface area contributed by atoms with Gasteiger partial charge < -0.3 is 9.64 Å². The molecule has 1 aliphatic heterocycles. The van der Waals surface area contributed by atoms with Gasteiger partial charge in [0.25, 0.3) is 5.91 Å². The first kappa shape index (κ1) is 17.3. The minimum atomic E-state index is -0.382. The third-order valence-corrected chi connectivity index (χ3v) is 4.20. The molecule has 1 aromatic carbocycles. The lowest BCUT2D eigenvalue weighted by molar-refractivity contribution is -0.127. The van der Waals surface area contributed by atoms with Crippen molar-refractivity contribution in [2.45, 2.75) is 32.7 Å². The molecule has 1 saturated heterocycles. The number of likely N-dealkylation sites (tertiary alicyclic amines) is 1. The maximum absolute atomic E-state index is 12.3. The minimum Gasteiger partial charge on any atom is -0.496 e. The van der Waals surface area contributed by atoms with Gasteiger partial charge in [-0.3, -0.25) is 20.4 Å². The highest BCUT2D eigenvalue weighted by atomic mass is 16.5. The van der Waals surface area contributed by atoms with E-state index in [1.165, 1.54) is 7.11 Å². The lowest BCUT2D eigenvalue weighted by Gasteiger charge is -2.34. The summed E-state index contributed by atoms with van der Waals surface area (Å²) in [7, 11) is 1.51. The van der Waals surface area contributed by atoms with Crippen molar-refractivity contribution in [1.82, 2.24) is 15.8 Å². The van der Waals surface area contributed by atoms with Gasteiger partial charge in [0.05, 0.1) is 18.6 Å². The number of benzene rings is 1. The summed E-state index contributed by atoms with van der Waals surface area (Å²) in [5.41, 5.74) is 5.41. The molecule has 6 nitrogen and oxygen atoms in total. The van der Waals surface area contributed by atoms with E-state index in [-0.39, 0.29) is 17.7 Å². The summed E-state index contributed by atoms with van der Waals surface area (Å²) in [5, 5.41) is 0. The van der Waals surface area contributed by atoms with Crippen molar-refractivity contribution in [2.24, 2.45) is 5.92 Å². The lowest BCUT2D eigenvalue weighted by atomic mass is 9.96. The van der Waals surface area contributed by atoms with E-state index in [0.29, 0.717) is 17.4 Å². The number of hydrogen-bond donors (Lipinski definition) is 2. The molecular weight excluding hydrogens is 294 g/mol. The number of hydrazine groups is 1. The molecule has 1 aliphatic rings. The van der Waals surface area contributed by atoms with Gasteiger partial charge in [-0.2, -0.15) is 0 Å². The molecule has 6 heteroatoms. The van der Waals surface area contributed by atoms with Gasteiger partial charge in [-0.15, -0.1) is 0 Å². The molecule has 23 heavy (non-hydrogen) atoms. The van der Waals surface area contributed by atoms with Gasteiger partial charge in [0.2, 0.25) is 5.91 Å². The summed E-state index contributed by atoms with van der Waals surface area (Å²) in [6, 6.07) is 7.33. The summed E-state index contributed by atoms with van der Waals surface area (Å²) in [6.07, 6.45) is 1.84. The highest BCUT2D eigenvalue weighted by Gasteiger charge is 2.27. The number of carbonyl (C=O) groups is 2. The topological polar surface area (TPSA) is 70.7 Å². The third kappa shape index (κ3) is 4.45. The van der Waals surface area contributed by atoms with Gasteiger partial charge in [-0.05, 0) is 45.4 Å². The molecule has 0 radical (unpaired) electrons. The highest BCUT2D eigenvalue weighted by Crippen LogP contribution is 2.19. The molecule has 1 fully saturated rings. The minimum absolute atomic E-state index is 0.0934. The van der Waals surface area contributed by atoms with Gasteiger partial charge in [0.1, 0.15) is 5.75 Å². The third-order valence-electron chi connectivity index (χ3n) is 4.20. The van der Waals surface area contributed by atoms with E-state index in [2.05, 4.69) is 29.6 Å². The molecular formula is C17H25N3O3. The molecule has 1 aromatic rings. The SMILES string of the molecule is COc1ccccc1C(=O)NNC(=O)C1CCCN(C(C)C)C1. The average Bonchev–Trinajstić information content (AvgIpc) is 2.59. The zero-order valence-corrected chi connectivity index (χ0v) is 14.0. The first-order valence-corrected chi connectivity index (χ1v) is 8.00. The number of nitrogens with zero attached hydrogens (tertiary/aromatic N) is 1. The number of hydrogen-bond acceptors (Lipinski definition) is 4. The van der Waals surface area contributed by atoms with Crippen LogP contribution in [0.5, 0.6) is 5.75 Å². The molecule has 2 N–H and O–H groups in total. The van der Waals surface area contributed by atoms with Gasteiger partial charge >= 0.3 is 0 Å². The molecule has 0 aromatic heterocycles. The second-order valence-electron chi connectivity index (χ2n) is 6.07.